The van der Waals surface area contributed by atoms with Gasteiger partial charge < -0.3 is 0 Å². The topological polar surface area (TPSA) is 123 Å². The van der Waals surface area contributed by atoms with Crippen LogP contribution in [0.15, 0.2) is 55.3 Å². The SMILES string of the molecule is Cn1c2c(c(=O)n(C)c1=O)C(=Nc1ccc(-c3cn[nH]n3)cc1)N=N2. The van der Waals surface area contributed by atoms with Gasteiger partial charge >= 0.3 is 5.69 Å². The molecular formula is C15H12N8O2. The van der Waals surface area contributed by atoms with Crippen LogP contribution in [0.25, 0.3) is 11.3 Å². The fourth-order valence-electron chi connectivity index (χ4n) is 2.54. The summed E-state index contributed by atoms with van der Waals surface area (Å²) in [6.45, 7) is 0. The van der Waals surface area contributed by atoms with Crippen molar-refractivity contribution < 1.29 is 0 Å². The third kappa shape index (κ3) is 2.31. The van der Waals surface area contributed by atoms with E-state index < -0.39 is 11.2 Å². The summed E-state index contributed by atoms with van der Waals surface area (Å²) >= 11 is 0. The summed E-state index contributed by atoms with van der Waals surface area (Å²) in [5.74, 6) is 0.395. The maximum atomic E-state index is 12.4. The van der Waals surface area contributed by atoms with Crippen molar-refractivity contribution in [1.82, 2.24) is 24.5 Å². The van der Waals surface area contributed by atoms with Crippen molar-refractivity contribution in [3.63, 3.8) is 0 Å². The second-order valence-electron chi connectivity index (χ2n) is 5.44. The molecule has 25 heavy (non-hydrogen) atoms. The van der Waals surface area contributed by atoms with Crippen LogP contribution in [0.4, 0.5) is 11.5 Å². The molecule has 2 aromatic heterocycles. The monoisotopic (exact) mass is 336 g/mol. The van der Waals surface area contributed by atoms with Crippen molar-refractivity contribution in [1.29, 1.82) is 0 Å². The fraction of sp³-hybridized carbons (Fsp3) is 0.133. The van der Waals surface area contributed by atoms with Gasteiger partial charge in [0.15, 0.2) is 11.7 Å². The van der Waals surface area contributed by atoms with Crippen LogP contribution >= 0.6 is 0 Å². The summed E-state index contributed by atoms with van der Waals surface area (Å²) in [6.07, 6.45) is 1.62. The molecule has 0 aliphatic carbocycles. The van der Waals surface area contributed by atoms with Gasteiger partial charge in [0.2, 0.25) is 0 Å². The minimum absolute atomic E-state index is 0.181. The highest BCUT2D eigenvalue weighted by Crippen LogP contribution is 2.26. The van der Waals surface area contributed by atoms with E-state index in [1.807, 2.05) is 12.1 Å². The van der Waals surface area contributed by atoms with E-state index in [0.29, 0.717) is 11.4 Å². The third-order valence-corrected chi connectivity index (χ3v) is 3.91. The Kier molecular flexibility index (Phi) is 3.24. The molecule has 0 saturated heterocycles. The first kappa shape index (κ1) is 14.9. The number of rotatable bonds is 2. The molecule has 1 aromatic carbocycles. The molecule has 0 radical (unpaired) electrons. The predicted molar refractivity (Wildman–Crippen MR) is 89.5 cm³/mol. The summed E-state index contributed by atoms with van der Waals surface area (Å²) in [4.78, 5) is 28.7. The molecule has 10 heteroatoms. The van der Waals surface area contributed by atoms with Gasteiger partial charge in [-0.15, -0.1) is 10.2 Å². The number of nitrogens with one attached hydrogen (secondary N) is 1. The van der Waals surface area contributed by atoms with Crippen molar-refractivity contribution in [2.45, 2.75) is 0 Å². The second-order valence-corrected chi connectivity index (χ2v) is 5.44. The third-order valence-electron chi connectivity index (χ3n) is 3.91. The van der Waals surface area contributed by atoms with E-state index in [9.17, 15) is 9.59 Å². The molecular weight excluding hydrogens is 324 g/mol. The Morgan fingerprint density at radius 1 is 1.04 bits per heavy atom. The smallest absolute Gasteiger partial charge is 0.279 e. The van der Waals surface area contributed by atoms with Gasteiger partial charge in [-0.25, -0.2) is 9.79 Å². The average Bonchev–Trinajstić information content (AvgIpc) is 3.29. The zero-order valence-electron chi connectivity index (χ0n) is 13.3. The van der Waals surface area contributed by atoms with Crippen LogP contribution in [0, 0.1) is 0 Å². The normalized spacial score (nSPS) is 14.2. The lowest BCUT2D eigenvalue weighted by atomic mass is 10.1. The quantitative estimate of drug-likeness (QED) is 0.751. The largest absolute Gasteiger partial charge is 0.332 e. The molecule has 3 aromatic rings. The summed E-state index contributed by atoms with van der Waals surface area (Å²) < 4.78 is 2.29. The Hall–Kier alpha value is -3.69. The number of H-pyrrole nitrogens is 1. The number of aromatic nitrogens is 5. The minimum atomic E-state index is -0.471. The van der Waals surface area contributed by atoms with E-state index >= 15 is 0 Å². The van der Waals surface area contributed by atoms with Gasteiger partial charge in [-0.3, -0.25) is 13.9 Å². The van der Waals surface area contributed by atoms with E-state index in [0.717, 1.165) is 10.1 Å². The molecule has 0 fully saturated rings. The van der Waals surface area contributed by atoms with Gasteiger partial charge in [-0.05, 0) is 12.1 Å². The first-order valence-corrected chi connectivity index (χ1v) is 7.33. The molecule has 0 unspecified atom stereocenters. The summed E-state index contributed by atoms with van der Waals surface area (Å²) in [7, 11) is 2.95. The van der Waals surface area contributed by atoms with Crippen molar-refractivity contribution in [3.05, 3.63) is 56.9 Å². The zero-order valence-corrected chi connectivity index (χ0v) is 13.3. The van der Waals surface area contributed by atoms with Crippen molar-refractivity contribution in [2.24, 2.45) is 29.3 Å². The van der Waals surface area contributed by atoms with Crippen LogP contribution < -0.4 is 11.2 Å². The first-order valence-electron chi connectivity index (χ1n) is 7.33. The molecule has 1 aliphatic heterocycles. The summed E-state index contributed by atoms with van der Waals surface area (Å²) in [5, 5.41) is 18.2. The van der Waals surface area contributed by atoms with Crippen molar-refractivity contribution in [2.75, 3.05) is 0 Å². The average molecular weight is 336 g/mol. The van der Waals surface area contributed by atoms with Crippen LogP contribution in [0.2, 0.25) is 0 Å². The highest BCUT2D eigenvalue weighted by molar-refractivity contribution is 6.05. The van der Waals surface area contributed by atoms with Gasteiger partial charge in [0, 0.05) is 19.7 Å². The molecule has 0 saturated carbocycles. The van der Waals surface area contributed by atoms with Gasteiger partial charge in [-0.2, -0.15) is 15.4 Å². The Labute approximate surface area is 140 Å². The van der Waals surface area contributed by atoms with E-state index in [1.165, 1.54) is 18.7 Å². The van der Waals surface area contributed by atoms with Gasteiger partial charge in [0.25, 0.3) is 5.56 Å². The molecule has 10 nitrogen and oxygen atoms in total. The zero-order chi connectivity index (χ0) is 17.6. The second kappa shape index (κ2) is 5.44. The van der Waals surface area contributed by atoms with Gasteiger partial charge in [0.05, 0.1) is 11.9 Å². The molecule has 0 bridgehead atoms. The lowest BCUT2D eigenvalue weighted by molar-refractivity contribution is 0.687. The maximum absolute atomic E-state index is 12.4. The molecule has 1 aliphatic rings. The maximum Gasteiger partial charge on any atom is 0.332 e. The number of fused-ring (bicyclic) bond motifs is 1. The molecule has 4 rings (SSSR count). The van der Waals surface area contributed by atoms with Crippen LogP contribution in [0.5, 0.6) is 0 Å². The van der Waals surface area contributed by atoms with Crippen LogP contribution in [0.3, 0.4) is 0 Å². The van der Waals surface area contributed by atoms with Gasteiger partial charge in [0.1, 0.15) is 11.3 Å². The minimum Gasteiger partial charge on any atom is -0.279 e. The molecule has 0 atom stereocenters. The number of aliphatic imine (C=N–C) groups is 1. The highest BCUT2D eigenvalue weighted by atomic mass is 16.2. The van der Waals surface area contributed by atoms with E-state index in [-0.39, 0.29) is 17.2 Å². The summed E-state index contributed by atoms with van der Waals surface area (Å²) in [6, 6.07) is 7.22. The number of hydrogen-bond acceptors (Lipinski definition) is 6. The Morgan fingerprint density at radius 2 is 1.80 bits per heavy atom. The standard InChI is InChI=1S/C15H12N8O2/c1-22-13-11(14(24)23(2)15(22)25)12(19-20-13)17-9-5-3-8(4-6-9)10-7-16-21-18-10/h3-7H,1-2H3,(H,16,18,21). The van der Waals surface area contributed by atoms with E-state index in [4.69, 9.17) is 0 Å². The molecule has 3 heterocycles. The molecule has 124 valence electrons. The Balaban J connectivity index is 1.78. The molecule has 0 amide bonds. The van der Waals surface area contributed by atoms with Crippen LogP contribution in [-0.2, 0) is 14.1 Å². The van der Waals surface area contributed by atoms with Gasteiger partial charge in [-0.1, -0.05) is 12.1 Å². The number of benzene rings is 1. The van der Waals surface area contributed by atoms with E-state index in [2.05, 4.69) is 30.6 Å². The van der Waals surface area contributed by atoms with Crippen LogP contribution in [0.1, 0.15) is 5.56 Å². The predicted octanol–water partition coefficient (Wildman–Crippen LogP) is 1.04. The summed E-state index contributed by atoms with van der Waals surface area (Å²) in [5.41, 5.74) is 1.48. The lowest BCUT2D eigenvalue weighted by Crippen LogP contribution is -2.39. The Morgan fingerprint density at radius 3 is 2.48 bits per heavy atom. The molecule has 1 N–H and O–H groups in total. The van der Waals surface area contributed by atoms with E-state index in [1.54, 1.807) is 18.3 Å². The number of nitrogens with zero attached hydrogens (tertiary/aromatic N) is 7. The number of azo groups is 1. The van der Waals surface area contributed by atoms with Crippen molar-refractivity contribution >= 4 is 17.3 Å². The first-order chi connectivity index (χ1) is 12.1. The number of hydrogen-bond donors (Lipinski definition) is 1. The number of aromatic amines is 1. The number of amidine groups is 1. The highest BCUT2D eigenvalue weighted by Gasteiger charge is 2.25. The molecule has 0 spiro atoms. The lowest BCUT2D eigenvalue weighted by Gasteiger charge is -2.05. The fourth-order valence-corrected chi connectivity index (χ4v) is 2.54. The Bertz CT molecular complexity index is 1130. The van der Waals surface area contributed by atoms with Crippen LogP contribution in [-0.4, -0.2) is 30.4 Å². The van der Waals surface area contributed by atoms with Crippen molar-refractivity contribution in [3.8, 4) is 11.3 Å².